The topological polar surface area (TPSA) is 91.6 Å². The number of hydrogen-bond donors (Lipinski definition) is 2. The van der Waals surface area contributed by atoms with Gasteiger partial charge >= 0.3 is 6.18 Å². The van der Waals surface area contributed by atoms with Gasteiger partial charge in [-0.2, -0.15) is 22.7 Å². The SMILES string of the molecule is [CH2-]C(CNC1CCN(c2cccc3nc(NC(=O)C4CC4)nn23)CC1)C(=O)Cc1cccc(C(F)(F)F)c1. The average Bonchev–Trinajstić information content (AvgIpc) is 3.67. The number of carbonyl (C=O) groups is 2. The summed E-state index contributed by atoms with van der Waals surface area (Å²) in [6.07, 6.45) is -1.02. The second kappa shape index (κ2) is 10.7. The fraction of sp³-hybridized carbons (Fsp3) is 0.444. The number of pyridine rings is 1. The number of nitrogens with one attached hydrogen (secondary N) is 2. The molecule has 38 heavy (non-hydrogen) atoms. The van der Waals surface area contributed by atoms with Crippen molar-refractivity contribution in [2.24, 2.45) is 11.8 Å². The van der Waals surface area contributed by atoms with Crippen molar-refractivity contribution in [2.75, 3.05) is 29.9 Å². The Bertz CT molecular complexity index is 1310. The van der Waals surface area contributed by atoms with Crippen molar-refractivity contribution in [1.29, 1.82) is 0 Å². The molecule has 1 amide bonds. The van der Waals surface area contributed by atoms with E-state index < -0.39 is 17.7 Å². The lowest BCUT2D eigenvalue weighted by atomic mass is 9.97. The van der Waals surface area contributed by atoms with Crippen molar-refractivity contribution in [3.63, 3.8) is 0 Å². The largest absolute Gasteiger partial charge is 0.416 e. The highest BCUT2D eigenvalue weighted by molar-refractivity contribution is 5.92. The summed E-state index contributed by atoms with van der Waals surface area (Å²) in [5.41, 5.74) is 0.242. The number of anilines is 2. The van der Waals surface area contributed by atoms with Crippen molar-refractivity contribution in [2.45, 2.75) is 44.3 Å². The number of fused-ring (bicyclic) bond motifs is 1. The van der Waals surface area contributed by atoms with E-state index in [1.165, 1.54) is 12.1 Å². The molecule has 0 spiro atoms. The molecule has 3 heterocycles. The first-order valence-corrected chi connectivity index (χ1v) is 12.8. The van der Waals surface area contributed by atoms with Gasteiger partial charge in [0.05, 0.1) is 5.56 Å². The smallest absolute Gasteiger partial charge is 0.356 e. The zero-order valence-electron chi connectivity index (χ0n) is 20.9. The van der Waals surface area contributed by atoms with Crippen molar-refractivity contribution in [3.05, 3.63) is 60.5 Å². The number of aromatic nitrogens is 3. The van der Waals surface area contributed by atoms with Gasteiger partial charge in [-0.1, -0.05) is 30.2 Å². The molecule has 11 heteroatoms. The van der Waals surface area contributed by atoms with Crippen molar-refractivity contribution in [1.82, 2.24) is 19.9 Å². The third-order valence-corrected chi connectivity index (χ3v) is 7.08. The molecule has 2 fully saturated rings. The Morgan fingerprint density at radius 2 is 1.82 bits per heavy atom. The molecule has 1 unspecified atom stereocenters. The summed E-state index contributed by atoms with van der Waals surface area (Å²) in [4.78, 5) is 31.3. The number of piperidine rings is 1. The van der Waals surface area contributed by atoms with Crippen LogP contribution in [-0.4, -0.2) is 52.0 Å². The third-order valence-electron chi connectivity index (χ3n) is 7.08. The van der Waals surface area contributed by atoms with Crippen LogP contribution >= 0.6 is 0 Å². The molecule has 0 radical (unpaired) electrons. The van der Waals surface area contributed by atoms with Crippen molar-refractivity contribution >= 4 is 29.1 Å². The van der Waals surface area contributed by atoms with E-state index >= 15 is 0 Å². The molecular weight excluding hydrogens is 497 g/mol. The third kappa shape index (κ3) is 6.15. The second-order valence-corrected chi connectivity index (χ2v) is 10.1. The number of alkyl halides is 3. The molecule has 202 valence electrons. The molecule has 1 aliphatic carbocycles. The normalized spacial score (nSPS) is 17.5. The van der Waals surface area contributed by atoms with E-state index in [1.807, 2.05) is 18.2 Å². The van der Waals surface area contributed by atoms with Gasteiger partial charge in [-0.05, 0) is 56.0 Å². The highest BCUT2D eigenvalue weighted by atomic mass is 19.4. The Hall–Kier alpha value is -3.47. The van der Waals surface area contributed by atoms with Crippen LogP contribution in [-0.2, 0) is 22.2 Å². The lowest BCUT2D eigenvalue weighted by Crippen LogP contribution is -2.45. The Kier molecular flexibility index (Phi) is 7.38. The molecule has 8 nitrogen and oxygen atoms in total. The van der Waals surface area contributed by atoms with E-state index in [-0.39, 0.29) is 30.1 Å². The maximum atomic E-state index is 12.9. The molecule has 2 N–H and O–H groups in total. The Balaban J connectivity index is 1.12. The predicted octanol–water partition coefficient (Wildman–Crippen LogP) is 3.92. The highest BCUT2D eigenvalue weighted by Crippen LogP contribution is 2.31. The lowest BCUT2D eigenvalue weighted by molar-refractivity contribution is -0.137. The van der Waals surface area contributed by atoms with Crippen LogP contribution in [0.4, 0.5) is 24.9 Å². The molecular formula is C27H30F3N6O2-. The zero-order valence-corrected chi connectivity index (χ0v) is 20.9. The Morgan fingerprint density at radius 1 is 1.08 bits per heavy atom. The van der Waals surface area contributed by atoms with Gasteiger partial charge in [0.2, 0.25) is 11.9 Å². The first kappa shape index (κ1) is 26.1. The lowest BCUT2D eigenvalue weighted by Gasteiger charge is -2.34. The number of amides is 1. The number of benzene rings is 1. The maximum Gasteiger partial charge on any atom is 0.416 e. The van der Waals surface area contributed by atoms with Gasteiger partial charge in [0.15, 0.2) is 5.65 Å². The van der Waals surface area contributed by atoms with Crippen molar-refractivity contribution in [3.8, 4) is 0 Å². The molecule has 1 atom stereocenters. The molecule has 1 saturated carbocycles. The van der Waals surface area contributed by atoms with Crippen LogP contribution < -0.4 is 15.5 Å². The van der Waals surface area contributed by atoms with Crippen LogP contribution in [0.2, 0.25) is 0 Å². The molecule has 1 aromatic carbocycles. The van der Waals surface area contributed by atoms with Gasteiger partial charge in [0.25, 0.3) is 0 Å². The van der Waals surface area contributed by atoms with Gasteiger partial charge in [-0.3, -0.25) is 10.1 Å². The van der Waals surface area contributed by atoms with Crippen LogP contribution in [0.5, 0.6) is 0 Å². The zero-order chi connectivity index (χ0) is 26.9. The van der Waals surface area contributed by atoms with Gasteiger partial charge in [-0.25, -0.2) is 0 Å². The number of halogens is 3. The predicted molar refractivity (Wildman–Crippen MR) is 137 cm³/mol. The molecule has 3 aromatic rings. The number of rotatable bonds is 9. The van der Waals surface area contributed by atoms with E-state index in [2.05, 4.69) is 32.5 Å². The number of ketones is 1. The number of carbonyl (C=O) groups excluding carboxylic acids is 2. The van der Waals surface area contributed by atoms with Crippen LogP contribution in [0.1, 0.15) is 36.8 Å². The van der Waals surface area contributed by atoms with Crippen molar-refractivity contribution < 1.29 is 22.8 Å². The van der Waals surface area contributed by atoms with Crippen LogP contribution in [0.25, 0.3) is 5.65 Å². The minimum atomic E-state index is -4.44. The minimum Gasteiger partial charge on any atom is -0.356 e. The summed E-state index contributed by atoms with van der Waals surface area (Å²) >= 11 is 0. The van der Waals surface area contributed by atoms with Gasteiger partial charge in [-0.15, -0.1) is 5.10 Å². The first-order valence-electron chi connectivity index (χ1n) is 12.8. The van der Waals surface area contributed by atoms with E-state index in [4.69, 9.17) is 0 Å². The molecule has 2 aliphatic rings. The fourth-order valence-corrected chi connectivity index (χ4v) is 4.68. The van der Waals surface area contributed by atoms with E-state index in [0.29, 0.717) is 23.7 Å². The number of Topliss-reactive ketones (excluding diaryl/α,β-unsaturated/α-hetero) is 1. The number of nitrogens with zero attached hydrogens (tertiary/aromatic N) is 4. The van der Waals surface area contributed by atoms with Crippen LogP contribution in [0, 0.1) is 18.8 Å². The molecule has 1 saturated heterocycles. The van der Waals surface area contributed by atoms with Gasteiger partial charge in [0, 0.05) is 31.5 Å². The Labute approximate surface area is 218 Å². The molecule has 2 aromatic heterocycles. The Morgan fingerprint density at radius 3 is 2.53 bits per heavy atom. The molecule has 1 aliphatic heterocycles. The second-order valence-electron chi connectivity index (χ2n) is 10.1. The van der Waals surface area contributed by atoms with E-state index in [0.717, 1.165) is 56.7 Å². The summed E-state index contributed by atoms with van der Waals surface area (Å²) in [6.45, 7) is 5.83. The van der Waals surface area contributed by atoms with E-state index in [9.17, 15) is 22.8 Å². The van der Waals surface area contributed by atoms with Gasteiger partial charge < -0.3 is 21.9 Å². The quantitative estimate of drug-likeness (QED) is 0.410. The summed E-state index contributed by atoms with van der Waals surface area (Å²) < 4.78 is 40.6. The summed E-state index contributed by atoms with van der Waals surface area (Å²) in [7, 11) is 0. The maximum absolute atomic E-state index is 12.9. The summed E-state index contributed by atoms with van der Waals surface area (Å²) in [5.74, 6) is 0.481. The van der Waals surface area contributed by atoms with Crippen LogP contribution in [0.15, 0.2) is 42.5 Å². The average molecular weight is 528 g/mol. The first-order chi connectivity index (χ1) is 18.2. The molecule has 5 rings (SSSR count). The summed E-state index contributed by atoms with van der Waals surface area (Å²) in [5, 5.41) is 10.7. The van der Waals surface area contributed by atoms with E-state index in [1.54, 1.807) is 4.52 Å². The van der Waals surface area contributed by atoms with Gasteiger partial charge in [0.1, 0.15) is 11.6 Å². The number of hydrogen-bond acceptors (Lipinski definition) is 6. The fourth-order valence-electron chi connectivity index (χ4n) is 4.68. The monoisotopic (exact) mass is 527 g/mol. The molecule has 0 bridgehead atoms. The highest BCUT2D eigenvalue weighted by Gasteiger charge is 2.31. The summed E-state index contributed by atoms with van der Waals surface area (Å²) in [6, 6.07) is 10.8. The minimum absolute atomic E-state index is 0.0358. The standard InChI is InChI=1S/C27H30F3N6O2/c1-17(22(37)15-18-4-2-5-20(14-18)27(28,29)30)16-31-21-10-12-35(13-11-21)24-7-3-6-23-32-26(34-36(23)24)33-25(38)19-8-9-19/h2-7,14,17,19,21,31H,1,8-13,15-16H2,(H,33,34,38)/q-1. The van der Waals surface area contributed by atoms with Crippen LogP contribution in [0.3, 0.4) is 0 Å².